The van der Waals surface area contributed by atoms with Crippen LogP contribution >= 0.6 is 0 Å². The van der Waals surface area contributed by atoms with Crippen LogP contribution < -0.4 is 0 Å². The van der Waals surface area contributed by atoms with Gasteiger partial charge in [0.15, 0.2) is 0 Å². The standard InChI is InChI=1S/C16H11N2/c1-2-9-14(10-3-1)17-18-16-12-6-8-13-7-4-5-11-15(13)16/h1-7,9-12H. The Bertz CT molecular complexity index is 682. The van der Waals surface area contributed by atoms with Crippen molar-refractivity contribution in [3.63, 3.8) is 0 Å². The molecule has 0 atom stereocenters. The average molecular weight is 231 g/mol. The summed E-state index contributed by atoms with van der Waals surface area (Å²) in [7, 11) is 0. The van der Waals surface area contributed by atoms with Gasteiger partial charge in [-0.1, -0.05) is 48.5 Å². The Kier molecular flexibility index (Phi) is 2.84. The first-order chi connectivity index (χ1) is 8.93. The molecule has 3 aromatic carbocycles. The molecule has 2 nitrogen and oxygen atoms in total. The van der Waals surface area contributed by atoms with Crippen LogP contribution in [-0.2, 0) is 0 Å². The van der Waals surface area contributed by atoms with Crippen LogP contribution in [0, 0.1) is 6.07 Å². The van der Waals surface area contributed by atoms with Crippen LogP contribution in [0.4, 0.5) is 11.4 Å². The molecule has 0 saturated carbocycles. The number of rotatable bonds is 2. The third-order valence-corrected chi connectivity index (χ3v) is 2.71. The summed E-state index contributed by atoms with van der Waals surface area (Å²) in [6.45, 7) is 0. The van der Waals surface area contributed by atoms with Gasteiger partial charge in [-0.3, -0.25) is 0 Å². The second-order valence-electron chi connectivity index (χ2n) is 3.94. The zero-order chi connectivity index (χ0) is 12.2. The molecule has 0 spiro atoms. The lowest BCUT2D eigenvalue weighted by Gasteiger charge is -1.99. The second kappa shape index (κ2) is 4.80. The van der Waals surface area contributed by atoms with E-state index in [4.69, 9.17) is 0 Å². The number of hydrogen-bond donors (Lipinski definition) is 0. The Morgan fingerprint density at radius 1 is 0.722 bits per heavy atom. The van der Waals surface area contributed by atoms with Gasteiger partial charge in [0.2, 0.25) is 0 Å². The largest absolute Gasteiger partial charge is 0.151 e. The Morgan fingerprint density at radius 3 is 2.39 bits per heavy atom. The van der Waals surface area contributed by atoms with Gasteiger partial charge in [-0.25, -0.2) is 0 Å². The predicted octanol–water partition coefficient (Wildman–Crippen LogP) is 5.06. The lowest BCUT2D eigenvalue weighted by atomic mass is 10.1. The number of fused-ring (bicyclic) bond motifs is 1. The van der Waals surface area contributed by atoms with Gasteiger partial charge in [-0.05, 0) is 29.7 Å². The summed E-state index contributed by atoms with van der Waals surface area (Å²) < 4.78 is 0. The molecule has 3 aromatic rings. The quantitative estimate of drug-likeness (QED) is 0.551. The topological polar surface area (TPSA) is 24.7 Å². The van der Waals surface area contributed by atoms with E-state index in [0.717, 1.165) is 22.1 Å². The van der Waals surface area contributed by atoms with Crippen molar-refractivity contribution in [3.05, 3.63) is 72.8 Å². The fraction of sp³-hybridized carbons (Fsp3) is 0. The number of azo groups is 1. The highest BCUT2D eigenvalue weighted by molar-refractivity contribution is 5.91. The van der Waals surface area contributed by atoms with Crippen molar-refractivity contribution in [2.75, 3.05) is 0 Å². The lowest BCUT2D eigenvalue weighted by molar-refractivity contribution is 1.24. The fourth-order valence-corrected chi connectivity index (χ4v) is 1.83. The van der Waals surface area contributed by atoms with E-state index in [1.54, 1.807) is 0 Å². The van der Waals surface area contributed by atoms with E-state index < -0.39 is 0 Å². The van der Waals surface area contributed by atoms with E-state index in [0.29, 0.717) is 0 Å². The van der Waals surface area contributed by atoms with Gasteiger partial charge in [-0.2, -0.15) is 5.11 Å². The maximum Gasteiger partial charge on any atom is 0.0935 e. The van der Waals surface area contributed by atoms with Crippen LogP contribution in [0.3, 0.4) is 0 Å². The Labute approximate surface area is 106 Å². The molecule has 0 unspecified atom stereocenters. The summed E-state index contributed by atoms with van der Waals surface area (Å²) >= 11 is 0. The summed E-state index contributed by atoms with van der Waals surface area (Å²) in [5.41, 5.74) is 1.72. The van der Waals surface area contributed by atoms with E-state index in [2.05, 4.69) is 16.3 Å². The molecule has 18 heavy (non-hydrogen) atoms. The molecular formula is C16H11N2. The van der Waals surface area contributed by atoms with Gasteiger partial charge in [0.05, 0.1) is 11.4 Å². The van der Waals surface area contributed by atoms with Gasteiger partial charge in [0.25, 0.3) is 0 Å². The Morgan fingerprint density at radius 2 is 1.50 bits per heavy atom. The van der Waals surface area contributed by atoms with Gasteiger partial charge in [0.1, 0.15) is 0 Å². The smallest absolute Gasteiger partial charge is 0.0935 e. The Hall–Kier alpha value is -2.48. The average Bonchev–Trinajstić information content (AvgIpc) is 2.46. The minimum Gasteiger partial charge on any atom is -0.151 e. The molecule has 0 aromatic heterocycles. The molecule has 0 aliphatic heterocycles. The van der Waals surface area contributed by atoms with E-state index in [1.807, 2.05) is 66.7 Å². The minimum atomic E-state index is 0.856. The summed E-state index contributed by atoms with van der Waals surface area (Å²) in [6.07, 6.45) is 0. The van der Waals surface area contributed by atoms with Crippen LogP contribution in [0.1, 0.15) is 0 Å². The predicted molar refractivity (Wildman–Crippen MR) is 73.4 cm³/mol. The molecule has 3 rings (SSSR count). The zero-order valence-electron chi connectivity index (χ0n) is 9.75. The first-order valence-electron chi connectivity index (χ1n) is 5.80. The third-order valence-electron chi connectivity index (χ3n) is 2.71. The molecule has 0 fully saturated rings. The highest BCUT2D eigenvalue weighted by Crippen LogP contribution is 2.26. The SMILES string of the molecule is [c]1ccc(N=Nc2ccccc2)c2ccccc12. The highest BCUT2D eigenvalue weighted by Gasteiger charge is 1.98. The number of hydrogen-bond acceptors (Lipinski definition) is 2. The first kappa shape index (κ1) is 10.7. The molecule has 0 aliphatic carbocycles. The molecule has 0 N–H and O–H groups in total. The van der Waals surface area contributed by atoms with Crippen molar-refractivity contribution >= 4 is 22.1 Å². The van der Waals surface area contributed by atoms with Gasteiger partial charge < -0.3 is 0 Å². The summed E-state index contributed by atoms with van der Waals surface area (Å²) in [5, 5.41) is 10.7. The molecule has 0 aliphatic rings. The molecule has 1 radical (unpaired) electrons. The molecule has 0 bridgehead atoms. The molecule has 0 saturated heterocycles. The minimum absolute atomic E-state index is 0.856. The molecular weight excluding hydrogens is 220 g/mol. The fourth-order valence-electron chi connectivity index (χ4n) is 1.83. The van der Waals surface area contributed by atoms with Crippen molar-refractivity contribution < 1.29 is 0 Å². The molecule has 0 amide bonds. The molecule has 85 valence electrons. The van der Waals surface area contributed by atoms with Crippen molar-refractivity contribution in [1.29, 1.82) is 0 Å². The summed E-state index contributed by atoms with van der Waals surface area (Å²) in [5.74, 6) is 0. The van der Waals surface area contributed by atoms with Crippen molar-refractivity contribution in [3.8, 4) is 0 Å². The van der Waals surface area contributed by atoms with Crippen LogP contribution in [0.25, 0.3) is 10.8 Å². The third kappa shape index (κ3) is 2.13. The monoisotopic (exact) mass is 231 g/mol. The van der Waals surface area contributed by atoms with Gasteiger partial charge >= 0.3 is 0 Å². The first-order valence-corrected chi connectivity index (χ1v) is 5.80. The van der Waals surface area contributed by atoms with E-state index >= 15 is 0 Å². The van der Waals surface area contributed by atoms with Crippen molar-refractivity contribution in [2.45, 2.75) is 0 Å². The summed E-state index contributed by atoms with van der Waals surface area (Å²) in [4.78, 5) is 0. The molecule has 0 heterocycles. The van der Waals surface area contributed by atoms with Crippen molar-refractivity contribution in [1.82, 2.24) is 0 Å². The number of benzene rings is 3. The maximum atomic E-state index is 4.31. The lowest BCUT2D eigenvalue weighted by Crippen LogP contribution is -1.72. The van der Waals surface area contributed by atoms with Crippen LogP contribution in [0.2, 0.25) is 0 Å². The summed E-state index contributed by atoms with van der Waals surface area (Å²) in [6, 6.07) is 24.8. The normalized spacial score (nSPS) is 11.1. The Balaban J connectivity index is 2.03. The van der Waals surface area contributed by atoms with Gasteiger partial charge in [-0.15, -0.1) is 5.11 Å². The maximum absolute atomic E-state index is 4.31. The van der Waals surface area contributed by atoms with Crippen molar-refractivity contribution in [2.24, 2.45) is 10.2 Å². The van der Waals surface area contributed by atoms with E-state index in [1.165, 1.54) is 0 Å². The highest BCUT2D eigenvalue weighted by atomic mass is 15.1. The van der Waals surface area contributed by atoms with E-state index in [-0.39, 0.29) is 0 Å². The number of nitrogens with zero attached hydrogens (tertiary/aromatic N) is 2. The van der Waals surface area contributed by atoms with Gasteiger partial charge in [0, 0.05) is 5.39 Å². The zero-order valence-corrected chi connectivity index (χ0v) is 9.75. The van der Waals surface area contributed by atoms with Crippen LogP contribution in [-0.4, -0.2) is 0 Å². The second-order valence-corrected chi connectivity index (χ2v) is 3.94. The van der Waals surface area contributed by atoms with Crippen LogP contribution in [0.5, 0.6) is 0 Å². The van der Waals surface area contributed by atoms with Crippen LogP contribution in [0.15, 0.2) is 77.0 Å². The molecule has 2 heteroatoms. The van der Waals surface area contributed by atoms with E-state index in [9.17, 15) is 0 Å².